The molecule has 0 spiro atoms. The minimum Gasteiger partial charge on any atom is -0.497 e. The van der Waals surface area contributed by atoms with Crippen LogP contribution in [0.15, 0.2) is 24.3 Å². The van der Waals surface area contributed by atoms with E-state index in [0.29, 0.717) is 11.4 Å². The highest BCUT2D eigenvalue weighted by Crippen LogP contribution is 2.45. The zero-order chi connectivity index (χ0) is 19.0. The van der Waals surface area contributed by atoms with Crippen molar-refractivity contribution in [2.24, 2.45) is 0 Å². The molecule has 0 bridgehead atoms. The zero-order valence-electron chi connectivity index (χ0n) is 13.8. The first-order valence-electron chi connectivity index (χ1n) is 7.88. The molecule has 2 heterocycles. The van der Waals surface area contributed by atoms with Gasteiger partial charge in [-0.25, -0.2) is 4.90 Å². The number of anilines is 1. The molecule has 0 saturated carbocycles. The monoisotopic (exact) mass is 401 g/mol. The van der Waals surface area contributed by atoms with Gasteiger partial charge in [0.05, 0.1) is 53.5 Å². The van der Waals surface area contributed by atoms with Crippen molar-refractivity contribution in [3.05, 3.63) is 24.3 Å². The second-order valence-electron chi connectivity index (χ2n) is 5.97. The van der Waals surface area contributed by atoms with Crippen molar-refractivity contribution in [2.75, 3.05) is 18.6 Å². The third-order valence-electron chi connectivity index (χ3n) is 4.41. The van der Waals surface area contributed by atoms with Crippen molar-refractivity contribution in [3.63, 3.8) is 0 Å². The number of aliphatic hydroxyl groups is 4. The maximum atomic E-state index is 12.9. The summed E-state index contributed by atoms with van der Waals surface area (Å²) in [5.41, 5.74) is 0.368. The van der Waals surface area contributed by atoms with Gasteiger partial charge >= 0.3 is 0 Å². The van der Waals surface area contributed by atoms with E-state index in [1.165, 1.54) is 7.11 Å². The third kappa shape index (κ3) is 3.32. The van der Waals surface area contributed by atoms with Crippen molar-refractivity contribution in [1.82, 2.24) is 0 Å². The Bertz CT molecular complexity index is 686. The summed E-state index contributed by atoms with van der Waals surface area (Å²) in [5, 5.41) is 36.4. The van der Waals surface area contributed by atoms with Crippen LogP contribution in [-0.2, 0) is 4.79 Å². The van der Waals surface area contributed by atoms with Gasteiger partial charge in [0.2, 0.25) is 5.91 Å². The highest BCUT2D eigenvalue weighted by molar-refractivity contribution is 8.16. The minimum atomic E-state index is -1.37. The van der Waals surface area contributed by atoms with Crippen molar-refractivity contribution in [1.29, 1.82) is 0 Å². The number of ether oxygens (including phenoxy) is 1. The Kier molecular flexibility index (Phi) is 5.80. The molecule has 3 unspecified atom stereocenters. The molecule has 2 amide bonds. The lowest BCUT2D eigenvalue weighted by molar-refractivity contribution is -0.118. The Balaban J connectivity index is 1.89. The second kappa shape index (κ2) is 7.75. The van der Waals surface area contributed by atoms with Crippen LogP contribution in [0.25, 0.3) is 0 Å². The van der Waals surface area contributed by atoms with Gasteiger partial charge in [-0.2, -0.15) is 0 Å². The summed E-state index contributed by atoms with van der Waals surface area (Å²) in [6, 6.07) is 6.40. The van der Waals surface area contributed by atoms with Crippen LogP contribution in [0.2, 0.25) is 0 Å². The maximum absolute atomic E-state index is 12.9. The van der Waals surface area contributed by atoms with E-state index in [9.17, 15) is 24.9 Å². The lowest BCUT2D eigenvalue weighted by Gasteiger charge is -2.46. The molecule has 2 aliphatic rings. The molecule has 142 valence electrons. The standard InChI is InChI=1S/C16H19NO7S2/c1-24-8-4-2-7(3-5-8)17-15(22)14-13(26-16(17)23)11(21)10(20)12(25-14)9(19)6-18/h2-5,9-14,18-21H,6H2,1H3/t9-,10-,11-,12?,13?,14?/m1/s1. The van der Waals surface area contributed by atoms with Gasteiger partial charge in [-0.15, -0.1) is 11.8 Å². The number of carbonyl (C=O) groups excluding carboxylic acids is 2. The van der Waals surface area contributed by atoms with Crippen LogP contribution >= 0.6 is 23.5 Å². The maximum Gasteiger partial charge on any atom is 0.293 e. The van der Waals surface area contributed by atoms with Crippen LogP contribution in [0.1, 0.15) is 0 Å². The van der Waals surface area contributed by atoms with Gasteiger partial charge in [0.25, 0.3) is 5.24 Å². The van der Waals surface area contributed by atoms with E-state index in [2.05, 4.69) is 0 Å². The van der Waals surface area contributed by atoms with Crippen LogP contribution in [0.3, 0.4) is 0 Å². The number of rotatable bonds is 4. The molecule has 3 rings (SSSR count). The molecule has 10 heteroatoms. The van der Waals surface area contributed by atoms with Crippen molar-refractivity contribution < 1.29 is 34.8 Å². The molecule has 8 nitrogen and oxygen atoms in total. The Morgan fingerprint density at radius 3 is 2.42 bits per heavy atom. The van der Waals surface area contributed by atoms with Crippen molar-refractivity contribution in [3.8, 4) is 5.75 Å². The predicted molar refractivity (Wildman–Crippen MR) is 97.5 cm³/mol. The quantitative estimate of drug-likeness (QED) is 0.543. The highest BCUT2D eigenvalue weighted by Gasteiger charge is 2.54. The first kappa shape index (κ1) is 19.5. The molecular formula is C16H19NO7S2. The summed E-state index contributed by atoms with van der Waals surface area (Å²) in [6.07, 6.45) is -4.03. The van der Waals surface area contributed by atoms with E-state index >= 15 is 0 Å². The van der Waals surface area contributed by atoms with Gasteiger partial charge in [0, 0.05) is 0 Å². The van der Waals surface area contributed by atoms with Gasteiger partial charge in [0.1, 0.15) is 5.75 Å². The molecule has 1 aromatic carbocycles. The summed E-state index contributed by atoms with van der Waals surface area (Å²) in [6.45, 7) is -0.610. The van der Waals surface area contributed by atoms with Crippen LogP contribution in [0.4, 0.5) is 10.5 Å². The fraction of sp³-hybridized carbons (Fsp3) is 0.500. The number of nitrogens with zero attached hydrogens (tertiary/aromatic N) is 1. The van der Waals surface area contributed by atoms with Crippen molar-refractivity contribution >= 4 is 40.4 Å². The molecule has 26 heavy (non-hydrogen) atoms. The van der Waals surface area contributed by atoms with Gasteiger partial charge < -0.3 is 25.2 Å². The number of aliphatic hydroxyl groups excluding tert-OH is 4. The molecule has 2 saturated heterocycles. The first-order chi connectivity index (χ1) is 12.4. The Morgan fingerprint density at radius 2 is 1.85 bits per heavy atom. The summed E-state index contributed by atoms with van der Waals surface area (Å²) in [5.74, 6) is 0.0444. The third-order valence-corrected chi connectivity index (χ3v) is 7.48. The number of hydrogen-bond acceptors (Lipinski definition) is 9. The average Bonchev–Trinajstić information content (AvgIpc) is 2.65. The van der Waals surface area contributed by atoms with Gasteiger partial charge in [0.15, 0.2) is 0 Å². The summed E-state index contributed by atoms with van der Waals surface area (Å²) < 4.78 is 5.06. The summed E-state index contributed by atoms with van der Waals surface area (Å²) in [4.78, 5) is 26.4. The second-order valence-corrected chi connectivity index (χ2v) is 8.43. The normalized spacial score (nSPS) is 33.0. The number of carbonyl (C=O) groups is 2. The number of amides is 2. The summed E-state index contributed by atoms with van der Waals surface area (Å²) >= 11 is 1.75. The van der Waals surface area contributed by atoms with Crippen molar-refractivity contribution in [2.45, 2.75) is 34.1 Å². The van der Waals surface area contributed by atoms with E-state index < -0.39 is 51.8 Å². The van der Waals surface area contributed by atoms with E-state index in [4.69, 9.17) is 9.84 Å². The van der Waals surface area contributed by atoms with E-state index in [1.807, 2.05) is 0 Å². The van der Waals surface area contributed by atoms with Gasteiger partial charge in [-0.05, 0) is 24.3 Å². The van der Waals surface area contributed by atoms with Crippen LogP contribution in [0.5, 0.6) is 5.75 Å². The number of fused-ring (bicyclic) bond motifs is 1. The number of methoxy groups -OCH3 is 1. The number of benzene rings is 1. The molecule has 2 fully saturated rings. The first-order valence-corrected chi connectivity index (χ1v) is 9.70. The van der Waals surface area contributed by atoms with Gasteiger partial charge in [-0.1, -0.05) is 11.8 Å². The van der Waals surface area contributed by atoms with E-state index in [-0.39, 0.29) is 0 Å². The lowest BCUT2D eigenvalue weighted by atomic mass is 9.99. The summed E-state index contributed by atoms with van der Waals surface area (Å²) in [7, 11) is 1.50. The highest BCUT2D eigenvalue weighted by atomic mass is 32.2. The van der Waals surface area contributed by atoms with E-state index in [1.54, 1.807) is 24.3 Å². The average molecular weight is 401 g/mol. The fourth-order valence-electron chi connectivity index (χ4n) is 3.00. The van der Waals surface area contributed by atoms with Crippen LogP contribution in [0, 0.1) is 0 Å². The Morgan fingerprint density at radius 1 is 1.19 bits per heavy atom. The number of hydrogen-bond donors (Lipinski definition) is 4. The minimum absolute atomic E-state index is 0.368. The zero-order valence-corrected chi connectivity index (χ0v) is 15.4. The molecule has 0 radical (unpaired) electrons. The molecule has 6 atom stereocenters. The van der Waals surface area contributed by atoms with Crippen LogP contribution < -0.4 is 9.64 Å². The van der Waals surface area contributed by atoms with Gasteiger partial charge in [-0.3, -0.25) is 9.59 Å². The largest absolute Gasteiger partial charge is 0.497 e. The fourth-order valence-corrected chi connectivity index (χ4v) is 5.90. The molecule has 4 N–H and O–H groups in total. The number of thioether (sulfide) groups is 2. The smallest absolute Gasteiger partial charge is 0.293 e. The Hall–Kier alpha value is -1.30. The van der Waals surface area contributed by atoms with E-state index in [0.717, 1.165) is 28.4 Å². The molecular weight excluding hydrogens is 382 g/mol. The number of imide groups is 1. The molecule has 0 aromatic heterocycles. The molecule has 0 aliphatic carbocycles. The SMILES string of the molecule is COc1ccc(N2C(=O)SC3C(SC([C@H](O)CO)[C@H](O)[C@H]3O)C2=O)cc1. The topological polar surface area (TPSA) is 128 Å². The van der Waals surface area contributed by atoms with Crippen LogP contribution in [-0.4, -0.2) is 79.4 Å². The Labute approximate surface area is 158 Å². The predicted octanol–water partition coefficient (Wildman–Crippen LogP) is -0.177. The molecule has 2 aliphatic heterocycles. The lowest BCUT2D eigenvalue weighted by Crippen LogP contribution is -2.62. The molecule has 1 aromatic rings.